The lowest BCUT2D eigenvalue weighted by atomic mass is 9.87. The Labute approximate surface area is 131 Å². The third-order valence-corrected chi connectivity index (χ3v) is 5.14. The summed E-state index contributed by atoms with van der Waals surface area (Å²) in [6.45, 7) is 0. The van der Waals surface area contributed by atoms with Crippen LogP contribution in [0, 0.1) is 0 Å². The number of benzene rings is 2. The molecule has 0 saturated carbocycles. The zero-order chi connectivity index (χ0) is 14.2. The normalized spacial score (nSPS) is 23.7. The number of nitrogens with one attached hydrogen (secondary N) is 1. The van der Waals surface area contributed by atoms with Crippen molar-refractivity contribution >= 4 is 11.6 Å². The fourth-order valence-electron chi connectivity index (χ4n) is 3.92. The molecule has 2 heteroatoms. The Hall–Kier alpha value is -1.31. The summed E-state index contributed by atoms with van der Waals surface area (Å²) in [5.74, 6) is 0. The van der Waals surface area contributed by atoms with Gasteiger partial charge in [0.15, 0.2) is 0 Å². The summed E-state index contributed by atoms with van der Waals surface area (Å²) in [6, 6.07) is 16.3. The van der Waals surface area contributed by atoms with Crippen LogP contribution in [0.3, 0.4) is 0 Å². The van der Waals surface area contributed by atoms with Gasteiger partial charge in [-0.3, -0.25) is 0 Å². The first-order valence-electron chi connectivity index (χ1n) is 7.91. The van der Waals surface area contributed by atoms with E-state index in [-0.39, 0.29) is 0 Å². The van der Waals surface area contributed by atoms with E-state index in [4.69, 9.17) is 11.6 Å². The largest absolute Gasteiger partial charge is 0.306 e. The van der Waals surface area contributed by atoms with Crippen molar-refractivity contribution in [1.29, 1.82) is 0 Å². The molecule has 108 valence electrons. The first-order chi connectivity index (χ1) is 10.3. The van der Waals surface area contributed by atoms with Gasteiger partial charge in [0.1, 0.15) is 0 Å². The first kappa shape index (κ1) is 13.4. The van der Waals surface area contributed by atoms with Gasteiger partial charge in [0.2, 0.25) is 0 Å². The van der Waals surface area contributed by atoms with Crippen molar-refractivity contribution in [3.63, 3.8) is 0 Å². The lowest BCUT2D eigenvalue weighted by Crippen LogP contribution is -2.35. The van der Waals surface area contributed by atoms with Gasteiger partial charge in [-0.15, -0.1) is 0 Å². The number of hydrogen-bond donors (Lipinski definition) is 1. The number of aryl methyl sites for hydroxylation is 1. The molecule has 0 heterocycles. The van der Waals surface area contributed by atoms with Gasteiger partial charge in [-0.2, -0.15) is 0 Å². The average Bonchev–Trinajstić information content (AvgIpc) is 2.89. The van der Waals surface area contributed by atoms with Gasteiger partial charge < -0.3 is 5.32 Å². The van der Waals surface area contributed by atoms with Crippen LogP contribution in [0.1, 0.15) is 41.1 Å². The summed E-state index contributed by atoms with van der Waals surface area (Å²) >= 11 is 6.11. The van der Waals surface area contributed by atoms with Gasteiger partial charge in [0.05, 0.1) is 0 Å². The molecule has 2 aromatic rings. The number of rotatable bonds is 2. The van der Waals surface area contributed by atoms with Crippen LogP contribution in [0.4, 0.5) is 0 Å². The Kier molecular flexibility index (Phi) is 3.48. The molecule has 21 heavy (non-hydrogen) atoms. The Morgan fingerprint density at radius 2 is 1.81 bits per heavy atom. The molecule has 0 radical (unpaired) electrons. The molecular formula is C19H20ClN. The van der Waals surface area contributed by atoms with Crippen LogP contribution in [0.15, 0.2) is 42.5 Å². The van der Waals surface area contributed by atoms with Crippen molar-refractivity contribution in [2.24, 2.45) is 0 Å². The quantitative estimate of drug-likeness (QED) is 0.862. The van der Waals surface area contributed by atoms with E-state index in [1.165, 1.54) is 41.5 Å². The smallest absolute Gasteiger partial charge is 0.0408 e. The van der Waals surface area contributed by atoms with Gasteiger partial charge >= 0.3 is 0 Å². The fourth-order valence-corrected chi connectivity index (χ4v) is 4.11. The summed E-state index contributed by atoms with van der Waals surface area (Å²) < 4.78 is 0. The van der Waals surface area contributed by atoms with Crippen molar-refractivity contribution in [3.8, 4) is 0 Å². The Morgan fingerprint density at radius 3 is 2.76 bits per heavy atom. The van der Waals surface area contributed by atoms with E-state index in [0.717, 1.165) is 17.9 Å². The molecule has 2 unspecified atom stereocenters. The second kappa shape index (κ2) is 5.47. The minimum atomic E-state index is 0.518. The zero-order valence-electron chi connectivity index (χ0n) is 12.1. The molecule has 2 aliphatic rings. The van der Waals surface area contributed by atoms with E-state index in [1.807, 2.05) is 6.07 Å². The number of hydrogen-bond acceptors (Lipinski definition) is 1. The maximum atomic E-state index is 6.11. The minimum absolute atomic E-state index is 0.518. The summed E-state index contributed by atoms with van der Waals surface area (Å²) in [4.78, 5) is 0. The molecular weight excluding hydrogens is 278 g/mol. The van der Waals surface area contributed by atoms with E-state index >= 15 is 0 Å². The predicted octanol–water partition coefficient (Wildman–Crippen LogP) is 4.47. The highest BCUT2D eigenvalue weighted by atomic mass is 35.5. The Morgan fingerprint density at radius 1 is 0.952 bits per heavy atom. The fraction of sp³-hybridized carbons (Fsp3) is 0.368. The van der Waals surface area contributed by atoms with Crippen LogP contribution in [0.25, 0.3) is 0 Å². The molecule has 2 aliphatic carbocycles. The third-order valence-electron chi connectivity index (χ3n) is 4.91. The molecule has 4 rings (SSSR count). The van der Waals surface area contributed by atoms with Crippen LogP contribution >= 0.6 is 11.6 Å². The van der Waals surface area contributed by atoms with Crippen molar-refractivity contribution < 1.29 is 0 Å². The Balaban J connectivity index is 1.52. The summed E-state index contributed by atoms with van der Waals surface area (Å²) in [5, 5.41) is 4.76. The standard InChI is InChI=1S/C19H20ClN/c20-16-9-8-14-11-17(12-15(14)10-16)21-19-7-3-5-13-4-1-2-6-18(13)19/h1-2,4,6,8-10,17,19,21H,3,5,7,11-12H2. The first-order valence-corrected chi connectivity index (χ1v) is 8.28. The molecule has 0 amide bonds. The van der Waals surface area contributed by atoms with Crippen molar-refractivity contribution in [3.05, 3.63) is 69.7 Å². The molecule has 0 aromatic heterocycles. The highest BCUT2D eigenvalue weighted by molar-refractivity contribution is 6.30. The molecule has 0 fully saturated rings. The van der Waals surface area contributed by atoms with Gasteiger partial charge in [0, 0.05) is 17.1 Å². The summed E-state index contributed by atoms with van der Waals surface area (Å²) in [7, 11) is 0. The third kappa shape index (κ3) is 2.61. The highest BCUT2D eigenvalue weighted by Crippen LogP contribution is 2.32. The van der Waals surface area contributed by atoms with E-state index in [0.29, 0.717) is 12.1 Å². The van der Waals surface area contributed by atoms with Crippen LogP contribution in [0.2, 0.25) is 5.02 Å². The van der Waals surface area contributed by atoms with E-state index in [1.54, 1.807) is 0 Å². The lowest BCUT2D eigenvalue weighted by Gasteiger charge is -2.29. The monoisotopic (exact) mass is 297 g/mol. The van der Waals surface area contributed by atoms with Crippen molar-refractivity contribution in [2.75, 3.05) is 0 Å². The van der Waals surface area contributed by atoms with Gasteiger partial charge in [-0.25, -0.2) is 0 Å². The van der Waals surface area contributed by atoms with Crippen LogP contribution in [-0.2, 0) is 19.3 Å². The molecule has 0 saturated heterocycles. The van der Waals surface area contributed by atoms with Crippen LogP contribution in [-0.4, -0.2) is 6.04 Å². The summed E-state index contributed by atoms with van der Waals surface area (Å²) in [6.07, 6.45) is 6.01. The van der Waals surface area contributed by atoms with E-state index < -0.39 is 0 Å². The van der Waals surface area contributed by atoms with E-state index in [2.05, 4.69) is 41.7 Å². The molecule has 2 aromatic carbocycles. The average molecular weight is 298 g/mol. The van der Waals surface area contributed by atoms with Gasteiger partial charge in [-0.1, -0.05) is 41.9 Å². The van der Waals surface area contributed by atoms with Crippen LogP contribution < -0.4 is 5.32 Å². The Bertz CT molecular complexity index is 664. The lowest BCUT2D eigenvalue weighted by molar-refractivity contribution is 0.401. The maximum Gasteiger partial charge on any atom is 0.0408 e. The SMILES string of the molecule is Clc1ccc2c(c1)CC(NC1CCCc3ccccc31)C2. The van der Waals surface area contributed by atoms with Crippen LogP contribution in [0.5, 0.6) is 0 Å². The second-order valence-corrected chi connectivity index (χ2v) is 6.76. The molecule has 0 aliphatic heterocycles. The summed E-state index contributed by atoms with van der Waals surface area (Å²) in [5.41, 5.74) is 5.92. The van der Waals surface area contributed by atoms with Gasteiger partial charge in [0.25, 0.3) is 0 Å². The molecule has 0 spiro atoms. The minimum Gasteiger partial charge on any atom is -0.306 e. The van der Waals surface area contributed by atoms with Crippen molar-refractivity contribution in [1.82, 2.24) is 5.32 Å². The second-order valence-electron chi connectivity index (χ2n) is 6.33. The number of fused-ring (bicyclic) bond motifs is 2. The topological polar surface area (TPSA) is 12.0 Å². The molecule has 1 N–H and O–H groups in total. The van der Waals surface area contributed by atoms with Crippen molar-refractivity contribution in [2.45, 2.75) is 44.2 Å². The highest BCUT2D eigenvalue weighted by Gasteiger charge is 2.26. The number of halogens is 1. The zero-order valence-corrected chi connectivity index (χ0v) is 12.9. The molecule has 2 atom stereocenters. The molecule has 1 nitrogen and oxygen atoms in total. The van der Waals surface area contributed by atoms with E-state index in [9.17, 15) is 0 Å². The molecule has 0 bridgehead atoms. The van der Waals surface area contributed by atoms with Gasteiger partial charge in [-0.05, 0) is 66.5 Å². The maximum absolute atomic E-state index is 6.11. The predicted molar refractivity (Wildman–Crippen MR) is 87.9 cm³/mol.